The zero-order valence-electron chi connectivity index (χ0n) is 14.4. The van der Waals surface area contributed by atoms with Gasteiger partial charge >= 0.3 is 6.61 Å². The molecule has 0 unspecified atom stereocenters. The molecule has 0 fully saturated rings. The van der Waals surface area contributed by atoms with Crippen LogP contribution in [0.5, 0.6) is 11.6 Å². The molecule has 28 heavy (non-hydrogen) atoms. The van der Waals surface area contributed by atoms with Gasteiger partial charge in [-0.1, -0.05) is 0 Å². The molecule has 5 nitrogen and oxygen atoms in total. The van der Waals surface area contributed by atoms with Crippen molar-refractivity contribution in [1.82, 2.24) is 15.0 Å². The van der Waals surface area contributed by atoms with Gasteiger partial charge in [0, 0.05) is 17.3 Å². The average molecular weight is 403 g/mol. The van der Waals surface area contributed by atoms with Crippen LogP contribution < -0.4 is 4.74 Å². The molecule has 0 aliphatic carbocycles. The lowest BCUT2D eigenvalue weighted by Crippen LogP contribution is -2.04. The molecular formula is C19H12F3N3O2S. The number of ether oxygens (including phenoxy) is 1. The van der Waals surface area contributed by atoms with Crippen LogP contribution in [0.4, 0.5) is 13.2 Å². The van der Waals surface area contributed by atoms with Gasteiger partial charge in [0.15, 0.2) is 0 Å². The summed E-state index contributed by atoms with van der Waals surface area (Å²) in [6, 6.07) is 7.23. The number of phenolic OH excluding ortho intramolecular Hbond substituents is 1. The number of thiazole rings is 1. The Kier molecular flexibility index (Phi) is 4.60. The third-order valence-electron chi connectivity index (χ3n) is 3.94. The lowest BCUT2D eigenvalue weighted by Gasteiger charge is -2.07. The molecule has 0 saturated heterocycles. The summed E-state index contributed by atoms with van der Waals surface area (Å²) in [5.41, 5.74) is 2.67. The molecule has 142 valence electrons. The minimum atomic E-state index is -2.99. The number of hydrogen-bond donors (Lipinski definition) is 1. The molecule has 2 heterocycles. The van der Waals surface area contributed by atoms with Crippen LogP contribution >= 0.6 is 11.3 Å². The van der Waals surface area contributed by atoms with Crippen LogP contribution in [0.15, 0.2) is 42.7 Å². The number of halogens is 3. The Morgan fingerprint density at radius 2 is 1.89 bits per heavy atom. The van der Waals surface area contributed by atoms with Crippen LogP contribution in [0, 0.1) is 12.7 Å². The van der Waals surface area contributed by atoms with E-state index in [9.17, 15) is 18.3 Å². The van der Waals surface area contributed by atoms with Gasteiger partial charge in [-0.05, 0) is 42.8 Å². The van der Waals surface area contributed by atoms with Gasteiger partial charge in [-0.2, -0.15) is 8.78 Å². The Morgan fingerprint density at radius 1 is 1.07 bits per heavy atom. The zero-order chi connectivity index (χ0) is 19.8. The van der Waals surface area contributed by atoms with Crippen molar-refractivity contribution in [3.8, 4) is 32.6 Å². The maximum atomic E-state index is 13.5. The largest absolute Gasteiger partial charge is 0.507 e. The molecule has 1 N–H and O–H groups in total. The highest BCUT2D eigenvalue weighted by molar-refractivity contribution is 7.18. The summed E-state index contributed by atoms with van der Waals surface area (Å²) in [6.45, 7) is -1.16. The number of rotatable bonds is 4. The second kappa shape index (κ2) is 7.08. The minimum Gasteiger partial charge on any atom is -0.507 e. The number of aromatic hydroxyl groups is 1. The fraction of sp³-hybridized carbons (Fsp3) is 0.105. The van der Waals surface area contributed by atoms with Crippen molar-refractivity contribution in [1.29, 1.82) is 0 Å². The number of aromatic nitrogens is 3. The number of hydrogen-bond acceptors (Lipinski definition) is 6. The summed E-state index contributed by atoms with van der Waals surface area (Å²) in [6.07, 6.45) is 2.66. The summed E-state index contributed by atoms with van der Waals surface area (Å²) in [5.74, 6) is -0.802. The molecular weight excluding hydrogens is 391 g/mol. The molecule has 0 aliphatic heterocycles. The van der Waals surface area contributed by atoms with E-state index in [1.54, 1.807) is 6.07 Å². The van der Waals surface area contributed by atoms with Crippen molar-refractivity contribution in [3.05, 3.63) is 54.1 Å². The molecule has 4 rings (SSSR count). The predicted octanol–water partition coefficient (Wildman–Crippen LogP) is 5.17. The predicted molar refractivity (Wildman–Crippen MR) is 99.1 cm³/mol. The standard InChI is InChI=1S/C19H12F3N3O2S/c1-9-4-12(17-13(5-9)25-16(8-23-17)27-19(21)22)18-24-7-15(28-18)11-6-10(20)2-3-14(11)26/h2-8,19,26H,1H3. The van der Waals surface area contributed by atoms with Gasteiger partial charge in [0.1, 0.15) is 16.6 Å². The number of nitrogens with zero attached hydrogens (tertiary/aromatic N) is 3. The Hall–Kier alpha value is -3.20. The fourth-order valence-corrected chi connectivity index (χ4v) is 3.75. The average Bonchev–Trinajstić information content (AvgIpc) is 3.12. The Morgan fingerprint density at radius 3 is 2.68 bits per heavy atom. The normalized spacial score (nSPS) is 11.3. The van der Waals surface area contributed by atoms with Crippen LogP contribution in [0.3, 0.4) is 0 Å². The van der Waals surface area contributed by atoms with E-state index in [0.717, 1.165) is 11.8 Å². The topological polar surface area (TPSA) is 68.1 Å². The lowest BCUT2D eigenvalue weighted by atomic mass is 10.1. The molecule has 0 bridgehead atoms. The van der Waals surface area contributed by atoms with Gasteiger partial charge in [0.05, 0.1) is 22.1 Å². The van der Waals surface area contributed by atoms with Crippen molar-refractivity contribution in [2.24, 2.45) is 0 Å². The van der Waals surface area contributed by atoms with Crippen LogP contribution in [0.25, 0.3) is 32.0 Å². The van der Waals surface area contributed by atoms with Gasteiger partial charge in [-0.15, -0.1) is 11.3 Å². The third kappa shape index (κ3) is 3.48. The van der Waals surface area contributed by atoms with Crippen LogP contribution in [-0.4, -0.2) is 26.7 Å². The Bertz CT molecular complexity index is 1180. The first-order valence-electron chi connectivity index (χ1n) is 8.08. The first-order valence-corrected chi connectivity index (χ1v) is 8.89. The first kappa shape index (κ1) is 18.2. The van der Waals surface area contributed by atoms with E-state index < -0.39 is 12.4 Å². The minimum absolute atomic E-state index is 0.0562. The van der Waals surface area contributed by atoms with E-state index in [1.807, 2.05) is 13.0 Å². The van der Waals surface area contributed by atoms with Crippen LogP contribution in [-0.2, 0) is 0 Å². The van der Waals surface area contributed by atoms with Crippen molar-refractivity contribution in [2.45, 2.75) is 13.5 Å². The van der Waals surface area contributed by atoms with E-state index in [0.29, 0.717) is 32.0 Å². The number of alkyl halides is 2. The molecule has 0 atom stereocenters. The highest BCUT2D eigenvalue weighted by Crippen LogP contribution is 2.38. The highest BCUT2D eigenvalue weighted by Gasteiger charge is 2.16. The van der Waals surface area contributed by atoms with Gasteiger partial charge in [0.2, 0.25) is 5.88 Å². The Balaban J connectivity index is 1.81. The van der Waals surface area contributed by atoms with E-state index in [-0.39, 0.29) is 11.6 Å². The summed E-state index contributed by atoms with van der Waals surface area (Å²) < 4.78 is 42.7. The number of benzene rings is 2. The molecule has 0 spiro atoms. The molecule has 2 aromatic heterocycles. The molecule has 4 aromatic rings. The van der Waals surface area contributed by atoms with Crippen molar-refractivity contribution in [2.75, 3.05) is 0 Å². The van der Waals surface area contributed by atoms with Gasteiger partial charge in [-0.25, -0.2) is 19.3 Å². The molecule has 0 aliphatic rings. The third-order valence-corrected chi connectivity index (χ3v) is 5.00. The van der Waals surface area contributed by atoms with E-state index >= 15 is 0 Å². The molecule has 0 radical (unpaired) electrons. The number of fused-ring (bicyclic) bond motifs is 1. The summed E-state index contributed by atoms with van der Waals surface area (Å²) in [5, 5.41) is 10.6. The van der Waals surface area contributed by atoms with E-state index in [1.165, 1.54) is 35.7 Å². The molecule has 9 heteroatoms. The van der Waals surface area contributed by atoms with E-state index in [2.05, 4.69) is 19.7 Å². The second-order valence-corrected chi connectivity index (χ2v) is 6.99. The van der Waals surface area contributed by atoms with Crippen LogP contribution in [0.2, 0.25) is 0 Å². The lowest BCUT2D eigenvalue weighted by molar-refractivity contribution is -0.0528. The maximum absolute atomic E-state index is 13.5. The van der Waals surface area contributed by atoms with Gasteiger partial charge in [0.25, 0.3) is 0 Å². The number of phenols is 1. The van der Waals surface area contributed by atoms with Crippen LogP contribution in [0.1, 0.15) is 5.56 Å². The maximum Gasteiger partial charge on any atom is 0.388 e. The van der Waals surface area contributed by atoms with Crippen molar-refractivity contribution < 1.29 is 23.0 Å². The van der Waals surface area contributed by atoms with E-state index in [4.69, 9.17) is 0 Å². The molecule has 2 aromatic carbocycles. The Labute approximate surface area is 161 Å². The first-order chi connectivity index (χ1) is 13.4. The highest BCUT2D eigenvalue weighted by atomic mass is 32.1. The van der Waals surface area contributed by atoms with Crippen molar-refractivity contribution in [3.63, 3.8) is 0 Å². The van der Waals surface area contributed by atoms with Gasteiger partial charge < -0.3 is 9.84 Å². The fourth-order valence-electron chi connectivity index (χ4n) is 2.79. The van der Waals surface area contributed by atoms with Gasteiger partial charge in [-0.3, -0.25) is 0 Å². The summed E-state index contributed by atoms with van der Waals surface area (Å²) in [4.78, 5) is 13.2. The smallest absolute Gasteiger partial charge is 0.388 e. The molecule has 0 amide bonds. The quantitative estimate of drug-likeness (QED) is 0.509. The number of aryl methyl sites for hydroxylation is 1. The SMILES string of the molecule is Cc1cc(-c2ncc(-c3cc(F)ccc3O)s2)c2ncc(OC(F)F)nc2c1. The molecule has 0 saturated carbocycles. The second-order valence-electron chi connectivity index (χ2n) is 5.96. The summed E-state index contributed by atoms with van der Waals surface area (Å²) >= 11 is 1.24. The monoisotopic (exact) mass is 403 g/mol. The zero-order valence-corrected chi connectivity index (χ0v) is 15.2. The van der Waals surface area contributed by atoms with Crippen molar-refractivity contribution >= 4 is 22.4 Å². The summed E-state index contributed by atoms with van der Waals surface area (Å²) in [7, 11) is 0.